The van der Waals surface area contributed by atoms with E-state index in [1.165, 1.54) is 15.9 Å². The van der Waals surface area contributed by atoms with E-state index in [2.05, 4.69) is 15.5 Å². The number of carbonyl (C=O) groups excluding carboxylic acids is 3. The van der Waals surface area contributed by atoms with Gasteiger partial charge in [0.1, 0.15) is 17.6 Å². The highest BCUT2D eigenvalue weighted by atomic mass is 16.6. The number of nitrogens with zero attached hydrogens (tertiary/aromatic N) is 7. The highest BCUT2D eigenvalue weighted by Crippen LogP contribution is 2.43. The zero-order valence-corrected chi connectivity index (χ0v) is 24.1. The average Bonchev–Trinajstić information content (AvgIpc) is 3.48. The number of hydrogen-bond acceptors (Lipinski definition) is 10. The molecule has 15 heteroatoms. The number of piperazine rings is 1. The average molecular weight is 595 g/mol. The summed E-state index contributed by atoms with van der Waals surface area (Å²) in [7, 11) is 0. The standard InChI is InChI=1S/C28H34N8O7/c1-3-42-27(41)35-13-11-34(12-14-35)25(38)19(7-10-36-16-30-32-33-36)22-21(24(29)37)23(43-28(26(39)40)8-4-9-28)18-6-5-17(2)15-20(18)31-22/h5-6,15-16,19H,3-4,7-14H2,1-2H3,(H2,29,37)(H,39,40). The van der Waals surface area contributed by atoms with Gasteiger partial charge in [0.25, 0.3) is 5.91 Å². The molecular formula is C28H34N8O7. The number of pyridine rings is 1. The first kappa shape index (κ1) is 29.7. The van der Waals surface area contributed by atoms with Gasteiger partial charge in [-0.2, -0.15) is 0 Å². The van der Waals surface area contributed by atoms with Crippen molar-refractivity contribution in [3.05, 3.63) is 41.3 Å². The van der Waals surface area contributed by atoms with E-state index in [0.29, 0.717) is 17.3 Å². The Bertz CT molecular complexity index is 1530. The second-order valence-corrected chi connectivity index (χ2v) is 10.8. The molecule has 1 aliphatic heterocycles. The number of nitrogens with two attached hydrogens (primary N) is 1. The fourth-order valence-electron chi connectivity index (χ4n) is 5.48. The van der Waals surface area contributed by atoms with Crippen molar-refractivity contribution in [2.24, 2.45) is 5.73 Å². The number of aliphatic carboxylic acids is 1. The lowest BCUT2D eigenvalue weighted by Crippen LogP contribution is -2.52. The molecule has 1 unspecified atom stereocenters. The van der Waals surface area contributed by atoms with Gasteiger partial charge in [-0.05, 0) is 67.7 Å². The molecule has 43 heavy (non-hydrogen) atoms. The summed E-state index contributed by atoms with van der Waals surface area (Å²) in [5.74, 6) is -3.36. The van der Waals surface area contributed by atoms with E-state index in [9.17, 15) is 24.3 Å². The number of primary amides is 1. The molecule has 228 valence electrons. The Balaban J connectivity index is 1.59. The normalized spacial score (nSPS) is 16.8. The number of ether oxygens (including phenoxy) is 2. The number of rotatable bonds is 10. The Kier molecular flexibility index (Phi) is 8.41. The molecule has 1 saturated carbocycles. The number of fused-ring (bicyclic) bond motifs is 1. The van der Waals surface area contributed by atoms with E-state index in [1.807, 2.05) is 6.92 Å². The zero-order chi connectivity index (χ0) is 30.7. The van der Waals surface area contributed by atoms with Gasteiger partial charge in [-0.3, -0.25) is 14.6 Å². The molecule has 1 aliphatic carbocycles. The van der Waals surface area contributed by atoms with Crippen molar-refractivity contribution in [1.82, 2.24) is 35.0 Å². The summed E-state index contributed by atoms with van der Waals surface area (Å²) >= 11 is 0. The van der Waals surface area contributed by atoms with Crippen LogP contribution in [0.25, 0.3) is 10.9 Å². The van der Waals surface area contributed by atoms with Crippen molar-refractivity contribution < 1.29 is 33.8 Å². The third-order valence-corrected chi connectivity index (χ3v) is 8.00. The second-order valence-electron chi connectivity index (χ2n) is 10.8. The number of benzene rings is 1. The minimum absolute atomic E-state index is 0.00181. The molecule has 5 rings (SSSR count). The van der Waals surface area contributed by atoms with Crippen molar-refractivity contribution in [2.75, 3.05) is 32.8 Å². The van der Waals surface area contributed by atoms with Gasteiger partial charge in [0, 0.05) is 38.1 Å². The Morgan fingerprint density at radius 1 is 1.12 bits per heavy atom. The molecule has 3 N–H and O–H groups in total. The summed E-state index contributed by atoms with van der Waals surface area (Å²) in [5, 5.41) is 21.7. The SMILES string of the molecule is CCOC(=O)N1CCN(C(=O)C(CCn2cnnn2)c2nc3cc(C)ccc3c(OC3(C(=O)O)CCC3)c2C(N)=O)CC1. The van der Waals surface area contributed by atoms with E-state index in [-0.39, 0.29) is 81.5 Å². The first-order valence-electron chi connectivity index (χ1n) is 14.2. The fourth-order valence-corrected chi connectivity index (χ4v) is 5.48. The third kappa shape index (κ3) is 5.92. The smallest absolute Gasteiger partial charge is 0.409 e. The monoisotopic (exact) mass is 594 g/mol. The molecule has 0 radical (unpaired) electrons. The largest absolute Gasteiger partial charge is 0.478 e. The lowest BCUT2D eigenvalue weighted by molar-refractivity contribution is -0.163. The van der Waals surface area contributed by atoms with Crippen LogP contribution in [-0.2, 0) is 20.9 Å². The molecule has 2 aliphatic rings. The van der Waals surface area contributed by atoms with Crippen LogP contribution in [0.15, 0.2) is 24.5 Å². The van der Waals surface area contributed by atoms with E-state index >= 15 is 0 Å². The summed E-state index contributed by atoms with van der Waals surface area (Å²) in [5.41, 5.74) is 5.69. The minimum atomic E-state index is -1.52. The molecule has 0 bridgehead atoms. The topological polar surface area (TPSA) is 196 Å². The number of aryl methyl sites for hydroxylation is 2. The van der Waals surface area contributed by atoms with Crippen LogP contribution in [0, 0.1) is 6.92 Å². The van der Waals surface area contributed by atoms with Gasteiger partial charge < -0.3 is 30.1 Å². The fraction of sp³-hybridized carbons (Fsp3) is 0.500. The van der Waals surface area contributed by atoms with Crippen LogP contribution in [0.2, 0.25) is 0 Å². The Morgan fingerprint density at radius 2 is 1.84 bits per heavy atom. The van der Waals surface area contributed by atoms with Crippen LogP contribution in [-0.4, -0.2) is 102 Å². The predicted molar refractivity (Wildman–Crippen MR) is 150 cm³/mol. The number of tetrazole rings is 1. The van der Waals surface area contributed by atoms with Crippen LogP contribution < -0.4 is 10.5 Å². The lowest BCUT2D eigenvalue weighted by Gasteiger charge is -2.39. The summed E-state index contributed by atoms with van der Waals surface area (Å²) in [4.78, 5) is 59.8. The summed E-state index contributed by atoms with van der Waals surface area (Å²) in [6.45, 7) is 5.08. The van der Waals surface area contributed by atoms with Crippen molar-refractivity contribution >= 4 is 34.8 Å². The Hall–Kier alpha value is -4.82. The van der Waals surface area contributed by atoms with Gasteiger partial charge in [-0.1, -0.05) is 6.07 Å². The summed E-state index contributed by atoms with van der Waals surface area (Å²) < 4.78 is 12.8. The van der Waals surface area contributed by atoms with Gasteiger partial charge in [0.15, 0.2) is 0 Å². The highest BCUT2D eigenvalue weighted by Gasteiger charge is 2.48. The van der Waals surface area contributed by atoms with Crippen LogP contribution >= 0.6 is 0 Å². The first-order chi connectivity index (χ1) is 20.6. The number of hydrogen-bond donors (Lipinski definition) is 2. The van der Waals surface area contributed by atoms with E-state index in [4.69, 9.17) is 20.2 Å². The van der Waals surface area contributed by atoms with Crippen molar-refractivity contribution in [3.8, 4) is 5.75 Å². The molecule has 3 heterocycles. The quantitative estimate of drug-likeness (QED) is 0.345. The highest BCUT2D eigenvalue weighted by molar-refractivity contribution is 6.05. The van der Waals surface area contributed by atoms with Gasteiger partial charge in [0.05, 0.1) is 23.7 Å². The molecule has 3 amide bonds. The van der Waals surface area contributed by atoms with E-state index in [1.54, 1.807) is 30.0 Å². The lowest BCUT2D eigenvalue weighted by atomic mass is 9.80. The number of carbonyl (C=O) groups is 4. The molecular weight excluding hydrogens is 560 g/mol. The van der Waals surface area contributed by atoms with Crippen LogP contribution in [0.1, 0.15) is 60.1 Å². The predicted octanol–water partition coefficient (Wildman–Crippen LogP) is 1.49. The summed E-state index contributed by atoms with van der Waals surface area (Å²) in [6, 6.07) is 5.30. The minimum Gasteiger partial charge on any atom is -0.478 e. The van der Waals surface area contributed by atoms with Gasteiger partial charge >= 0.3 is 12.1 Å². The van der Waals surface area contributed by atoms with E-state index < -0.39 is 29.5 Å². The molecule has 1 saturated heterocycles. The van der Waals surface area contributed by atoms with Crippen LogP contribution in [0.3, 0.4) is 0 Å². The van der Waals surface area contributed by atoms with Crippen LogP contribution in [0.4, 0.5) is 4.79 Å². The summed E-state index contributed by atoms with van der Waals surface area (Å²) in [6.07, 6.45) is 2.29. The molecule has 1 aromatic carbocycles. The van der Waals surface area contributed by atoms with Crippen LogP contribution in [0.5, 0.6) is 5.75 Å². The number of aromatic nitrogens is 5. The zero-order valence-electron chi connectivity index (χ0n) is 24.1. The van der Waals surface area contributed by atoms with Gasteiger partial charge in [-0.25, -0.2) is 14.3 Å². The third-order valence-electron chi connectivity index (χ3n) is 8.00. The number of amides is 3. The van der Waals surface area contributed by atoms with E-state index in [0.717, 1.165) is 5.56 Å². The first-order valence-corrected chi connectivity index (χ1v) is 14.2. The molecule has 2 aromatic heterocycles. The number of carboxylic acid groups (broad SMARTS) is 1. The van der Waals surface area contributed by atoms with Crippen molar-refractivity contribution in [1.29, 1.82) is 0 Å². The second kappa shape index (κ2) is 12.2. The Labute approximate surface area is 246 Å². The maximum absolute atomic E-state index is 14.2. The Morgan fingerprint density at radius 3 is 2.42 bits per heavy atom. The molecule has 1 atom stereocenters. The van der Waals surface area contributed by atoms with Gasteiger partial charge in [0.2, 0.25) is 11.5 Å². The molecule has 3 aromatic rings. The maximum atomic E-state index is 14.2. The molecule has 2 fully saturated rings. The molecule has 0 spiro atoms. The maximum Gasteiger partial charge on any atom is 0.409 e. The van der Waals surface area contributed by atoms with Crippen molar-refractivity contribution in [2.45, 2.75) is 57.6 Å². The molecule has 15 nitrogen and oxygen atoms in total. The van der Waals surface area contributed by atoms with Crippen molar-refractivity contribution in [3.63, 3.8) is 0 Å². The van der Waals surface area contributed by atoms with Gasteiger partial charge in [-0.15, -0.1) is 5.10 Å². The number of carboxylic acids is 1.